The Bertz CT molecular complexity index is 824. The first-order valence-electron chi connectivity index (χ1n) is 7.41. The molecule has 1 aromatic heterocycles. The first-order valence-corrected chi connectivity index (χ1v) is 7.41. The van der Waals surface area contributed by atoms with E-state index < -0.39 is 0 Å². The van der Waals surface area contributed by atoms with Gasteiger partial charge in [-0.25, -0.2) is 9.97 Å². The summed E-state index contributed by atoms with van der Waals surface area (Å²) in [6.07, 6.45) is 5.54. The van der Waals surface area contributed by atoms with Gasteiger partial charge >= 0.3 is 0 Å². The third kappa shape index (κ3) is 2.25. The number of hydrogen-bond acceptors (Lipinski definition) is 3. The van der Waals surface area contributed by atoms with Gasteiger partial charge in [-0.15, -0.1) is 0 Å². The molecule has 0 atom stereocenters. The topological polar surface area (TPSA) is 37.8 Å². The summed E-state index contributed by atoms with van der Waals surface area (Å²) < 4.78 is 0. The van der Waals surface area contributed by atoms with Crippen molar-refractivity contribution < 1.29 is 0 Å². The van der Waals surface area contributed by atoms with Crippen LogP contribution >= 0.6 is 0 Å². The van der Waals surface area contributed by atoms with Crippen LogP contribution in [0.4, 0.5) is 11.6 Å². The molecule has 104 valence electrons. The Morgan fingerprint density at radius 1 is 1.05 bits per heavy atom. The largest absolute Gasteiger partial charge is 0.324 e. The molecule has 3 nitrogen and oxygen atoms in total. The van der Waals surface area contributed by atoms with Crippen LogP contribution in [0.25, 0.3) is 10.9 Å². The summed E-state index contributed by atoms with van der Waals surface area (Å²) in [6, 6.07) is 12.7. The van der Waals surface area contributed by atoms with Crippen LogP contribution in [0.1, 0.15) is 23.1 Å². The second-order valence-electron chi connectivity index (χ2n) is 5.67. The summed E-state index contributed by atoms with van der Waals surface area (Å²) in [7, 11) is 0. The molecule has 1 aliphatic rings. The van der Waals surface area contributed by atoms with Crippen LogP contribution in [-0.2, 0) is 12.8 Å². The normalized spacial score (nSPS) is 13.4. The standard InChI is InChI=1S/C18H17N3/c1-12-4-2-7-15-11-19-18(21-17(12)15)20-16-9-8-13-5-3-6-14(13)10-16/h2,4,7-11H,3,5-6H2,1H3,(H,19,20,21). The molecule has 0 amide bonds. The van der Waals surface area contributed by atoms with Gasteiger partial charge in [-0.05, 0) is 55.0 Å². The van der Waals surface area contributed by atoms with E-state index >= 15 is 0 Å². The lowest BCUT2D eigenvalue weighted by Gasteiger charge is -2.08. The van der Waals surface area contributed by atoms with E-state index in [0.29, 0.717) is 5.95 Å². The molecular weight excluding hydrogens is 258 g/mol. The Balaban J connectivity index is 1.69. The molecule has 0 spiro atoms. The molecule has 0 saturated carbocycles. The first-order chi connectivity index (χ1) is 10.3. The maximum atomic E-state index is 4.64. The minimum atomic E-state index is 0.662. The Morgan fingerprint density at radius 2 is 1.95 bits per heavy atom. The Kier molecular flexibility index (Phi) is 2.85. The van der Waals surface area contributed by atoms with Gasteiger partial charge in [0, 0.05) is 17.3 Å². The van der Waals surface area contributed by atoms with Gasteiger partial charge in [0.15, 0.2) is 0 Å². The molecule has 21 heavy (non-hydrogen) atoms. The Morgan fingerprint density at radius 3 is 2.90 bits per heavy atom. The molecule has 1 aliphatic carbocycles. The number of nitrogens with one attached hydrogen (secondary N) is 1. The fourth-order valence-electron chi connectivity index (χ4n) is 3.04. The highest BCUT2D eigenvalue weighted by Crippen LogP contribution is 2.26. The number of fused-ring (bicyclic) bond motifs is 2. The minimum absolute atomic E-state index is 0.662. The average molecular weight is 275 g/mol. The van der Waals surface area contributed by atoms with E-state index in [2.05, 4.69) is 46.5 Å². The predicted octanol–water partition coefficient (Wildman–Crippen LogP) is 4.17. The smallest absolute Gasteiger partial charge is 0.227 e. The second kappa shape index (κ2) is 4.85. The number of benzene rings is 2. The van der Waals surface area contributed by atoms with Crippen LogP contribution < -0.4 is 5.32 Å². The van der Waals surface area contributed by atoms with Crippen molar-refractivity contribution >= 4 is 22.5 Å². The van der Waals surface area contributed by atoms with Gasteiger partial charge in [0.1, 0.15) is 0 Å². The van der Waals surface area contributed by atoms with E-state index in [1.54, 1.807) is 0 Å². The zero-order valence-electron chi connectivity index (χ0n) is 12.1. The van der Waals surface area contributed by atoms with Crippen LogP contribution in [0.2, 0.25) is 0 Å². The average Bonchev–Trinajstić information content (AvgIpc) is 2.96. The van der Waals surface area contributed by atoms with Crippen LogP contribution in [-0.4, -0.2) is 9.97 Å². The lowest BCUT2D eigenvalue weighted by Crippen LogP contribution is -1.98. The van der Waals surface area contributed by atoms with Crippen LogP contribution in [0.5, 0.6) is 0 Å². The number of aryl methyl sites for hydroxylation is 3. The molecule has 0 aliphatic heterocycles. The number of anilines is 2. The van der Waals surface area contributed by atoms with Crippen molar-refractivity contribution in [1.29, 1.82) is 0 Å². The van der Waals surface area contributed by atoms with Gasteiger partial charge in [-0.1, -0.05) is 24.3 Å². The van der Waals surface area contributed by atoms with Crippen molar-refractivity contribution in [3.8, 4) is 0 Å². The molecule has 2 aromatic carbocycles. The van der Waals surface area contributed by atoms with Gasteiger partial charge in [0.05, 0.1) is 5.52 Å². The van der Waals surface area contributed by atoms with Crippen molar-refractivity contribution in [2.75, 3.05) is 5.32 Å². The quantitative estimate of drug-likeness (QED) is 0.762. The lowest BCUT2D eigenvalue weighted by molar-refractivity contribution is 0.912. The summed E-state index contributed by atoms with van der Waals surface area (Å²) in [5.41, 5.74) is 6.19. The van der Waals surface area contributed by atoms with E-state index in [1.165, 1.54) is 36.0 Å². The summed E-state index contributed by atoms with van der Waals surface area (Å²) >= 11 is 0. The van der Waals surface area contributed by atoms with Crippen molar-refractivity contribution in [2.24, 2.45) is 0 Å². The summed E-state index contributed by atoms with van der Waals surface area (Å²) in [5.74, 6) is 0.662. The molecule has 0 saturated heterocycles. The van der Waals surface area contributed by atoms with Crippen molar-refractivity contribution in [3.05, 3.63) is 59.3 Å². The van der Waals surface area contributed by atoms with E-state index in [1.807, 2.05) is 18.3 Å². The SMILES string of the molecule is Cc1cccc2cnc(Nc3ccc4c(c3)CCC4)nc12. The number of para-hydroxylation sites is 1. The monoisotopic (exact) mass is 275 g/mol. The minimum Gasteiger partial charge on any atom is -0.324 e. The Hall–Kier alpha value is -2.42. The first kappa shape index (κ1) is 12.3. The number of aromatic nitrogens is 2. The van der Waals surface area contributed by atoms with Gasteiger partial charge < -0.3 is 5.32 Å². The maximum Gasteiger partial charge on any atom is 0.227 e. The highest BCUT2D eigenvalue weighted by Gasteiger charge is 2.11. The number of rotatable bonds is 2. The van der Waals surface area contributed by atoms with Crippen LogP contribution in [0, 0.1) is 6.92 Å². The molecular formula is C18H17N3. The van der Waals surface area contributed by atoms with Gasteiger partial charge in [0.25, 0.3) is 0 Å². The molecule has 1 heterocycles. The fraction of sp³-hybridized carbons (Fsp3) is 0.222. The van der Waals surface area contributed by atoms with Crippen molar-refractivity contribution in [2.45, 2.75) is 26.2 Å². The van der Waals surface area contributed by atoms with Gasteiger partial charge in [0.2, 0.25) is 5.95 Å². The molecule has 4 rings (SSSR count). The molecule has 0 fully saturated rings. The van der Waals surface area contributed by atoms with Gasteiger partial charge in [-0.2, -0.15) is 0 Å². The Labute approximate surface area is 124 Å². The van der Waals surface area contributed by atoms with Crippen molar-refractivity contribution in [1.82, 2.24) is 9.97 Å². The van der Waals surface area contributed by atoms with E-state index in [-0.39, 0.29) is 0 Å². The number of hydrogen-bond donors (Lipinski definition) is 1. The van der Waals surface area contributed by atoms with Gasteiger partial charge in [-0.3, -0.25) is 0 Å². The maximum absolute atomic E-state index is 4.64. The van der Waals surface area contributed by atoms with Crippen LogP contribution in [0.15, 0.2) is 42.6 Å². The summed E-state index contributed by atoms with van der Waals surface area (Å²) in [4.78, 5) is 9.06. The number of nitrogens with zero attached hydrogens (tertiary/aromatic N) is 2. The lowest BCUT2D eigenvalue weighted by atomic mass is 10.1. The highest BCUT2D eigenvalue weighted by atomic mass is 15.1. The third-order valence-electron chi connectivity index (χ3n) is 4.17. The van der Waals surface area contributed by atoms with E-state index in [9.17, 15) is 0 Å². The van der Waals surface area contributed by atoms with Crippen LogP contribution in [0.3, 0.4) is 0 Å². The molecule has 0 bridgehead atoms. The zero-order valence-corrected chi connectivity index (χ0v) is 12.1. The molecule has 0 unspecified atom stereocenters. The van der Waals surface area contributed by atoms with Crippen molar-refractivity contribution in [3.63, 3.8) is 0 Å². The highest BCUT2D eigenvalue weighted by molar-refractivity contribution is 5.82. The molecule has 1 N–H and O–H groups in total. The zero-order chi connectivity index (χ0) is 14.2. The molecule has 0 radical (unpaired) electrons. The van der Waals surface area contributed by atoms with E-state index in [4.69, 9.17) is 0 Å². The fourth-order valence-corrected chi connectivity index (χ4v) is 3.04. The summed E-state index contributed by atoms with van der Waals surface area (Å²) in [5, 5.41) is 4.41. The molecule has 3 aromatic rings. The molecule has 3 heteroatoms. The van der Waals surface area contributed by atoms with E-state index in [0.717, 1.165) is 16.6 Å². The predicted molar refractivity (Wildman–Crippen MR) is 86.0 cm³/mol. The summed E-state index contributed by atoms with van der Waals surface area (Å²) in [6.45, 7) is 2.08. The second-order valence-corrected chi connectivity index (χ2v) is 5.67. The third-order valence-corrected chi connectivity index (χ3v) is 4.17.